The first kappa shape index (κ1) is 15.2. The number of alkyl halides is 3. The van der Waals surface area contributed by atoms with Crippen LogP contribution < -0.4 is 0 Å². The first-order chi connectivity index (χ1) is 11.4. The molecule has 24 heavy (non-hydrogen) atoms. The molecule has 5 nitrogen and oxygen atoms in total. The summed E-state index contributed by atoms with van der Waals surface area (Å²) in [6, 6.07) is 5.92. The van der Waals surface area contributed by atoms with E-state index in [0.29, 0.717) is 17.0 Å². The highest BCUT2D eigenvalue weighted by molar-refractivity contribution is 5.90. The summed E-state index contributed by atoms with van der Waals surface area (Å²) < 4.78 is 47.2. The zero-order valence-electron chi connectivity index (χ0n) is 12.5. The smallest absolute Gasteiger partial charge is 0.455 e. The highest BCUT2D eigenvalue weighted by atomic mass is 19.4. The average molecular weight is 338 g/mol. The fraction of sp³-hybridized carbons (Fsp3) is 0.438. The van der Waals surface area contributed by atoms with E-state index in [0.717, 1.165) is 25.7 Å². The predicted octanol–water partition coefficient (Wildman–Crippen LogP) is 3.85. The molecular formula is C16H13F3N2O3. The highest BCUT2D eigenvalue weighted by Crippen LogP contribution is 2.56. The van der Waals surface area contributed by atoms with E-state index in [9.17, 15) is 18.0 Å². The number of carbonyl (C=O) groups is 1. The Morgan fingerprint density at radius 3 is 2.38 bits per heavy atom. The summed E-state index contributed by atoms with van der Waals surface area (Å²) in [7, 11) is 0. The van der Waals surface area contributed by atoms with E-state index in [4.69, 9.17) is 4.74 Å². The Morgan fingerprint density at radius 2 is 1.88 bits per heavy atom. The van der Waals surface area contributed by atoms with Crippen LogP contribution in [0.2, 0.25) is 0 Å². The molecule has 126 valence electrons. The van der Waals surface area contributed by atoms with Crippen LogP contribution in [-0.4, -0.2) is 21.7 Å². The zero-order chi connectivity index (χ0) is 16.9. The molecule has 0 radical (unpaired) electrons. The van der Waals surface area contributed by atoms with Gasteiger partial charge in [0, 0.05) is 5.56 Å². The Labute approximate surface area is 134 Å². The SMILES string of the molecule is O=C(OC1(C2CC2)CC1)c1ccc(-c2noc(C(F)(F)F)n2)cc1. The van der Waals surface area contributed by atoms with Crippen molar-refractivity contribution in [1.82, 2.24) is 10.1 Å². The van der Waals surface area contributed by atoms with Crippen LogP contribution in [0.25, 0.3) is 11.4 Å². The number of rotatable bonds is 4. The van der Waals surface area contributed by atoms with Gasteiger partial charge in [-0.25, -0.2) is 4.79 Å². The van der Waals surface area contributed by atoms with Crippen molar-refractivity contribution in [2.24, 2.45) is 5.92 Å². The van der Waals surface area contributed by atoms with Crippen molar-refractivity contribution in [3.8, 4) is 11.4 Å². The van der Waals surface area contributed by atoms with Crippen LogP contribution in [0.15, 0.2) is 28.8 Å². The number of hydrogen-bond donors (Lipinski definition) is 0. The lowest BCUT2D eigenvalue weighted by Gasteiger charge is -2.15. The number of aromatic nitrogens is 2. The Balaban J connectivity index is 1.48. The number of carbonyl (C=O) groups excluding carboxylic acids is 1. The van der Waals surface area contributed by atoms with Gasteiger partial charge in [0.15, 0.2) is 0 Å². The Kier molecular flexibility index (Phi) is 3.20. The summed E-state index contributed by atoms with van der Waals surface area (Å²) in [5.41, 5.74) is 0.407. The molecule has 0 unspecified atom stereocenters. The standard InChI is InChI=1S/C16H13F3N2O3/c17-16(18,19)14-20-12(21-24-14)9-1-3-10(4-2-9)13(22)23-15(7-8-15)11-5-6-11/h1-4,11H,5-8H2. The molecule has 1 aromatic heterocycles. The molecular weight excluding hydrogens is 325 g/mol. The number of hydrogen-bond acceptors (Lipinski definition) is 5. The minimum atomic E-state index is -4.68. The second kappa shape index (κ2) is 5.06. The maximum absolute atomic E-state index is 12.5. The summed E-state index contributed by atoms with van der Waals surface area (Å²) >= 11 is 0. The van der Waals surface area contributed by atoms with Gasteiger partial charge >= 0.3 is 18.0 Å². The van der Waals surface area contributed by atoms with E-state index in [-0.39, 0.29) is 11.4 Å². The van der Waals surface area contributed by atoms with E-state index in [1.165, 1.54) is 24.3 Å². The minimum Gasteiger partial charge on any atom is -0.455 e. The predicted molar refractivity (Wildman–Crippen MR) is 74.8 cm³/mol. The minimum absolute atomic E-state index is 0.182. The molecule has 1 heterocycles. The van der Waals surface area contributed by atoms with Crippen molar-refractivity contribution in [3.63, 3.8) is 0 Å². The average Bonchev–Trinajstić information content (AvgIpc) is 3.45. The molecule has 8 heteroatoms. The van der Waals surface area contributed by atoms with Gasteiger partial charge in [-0.15, -0.1) is 0 Å². The van der Waals surface area contributed by atoms with Gasteiger partial charge in [-0.1, -0.05) is 17.3 Å². The van der Waals surface area contributed by atoms with Crippen LogP contribution in [0.4, 0.5) is 13.2 Å². The number of ether oxygens (including phenoxy) is 1. The van der Waals surface area contributed by atoms with Crippen LogP contribution in [-0.2, 0) is 10.9 Å². The van der Waals surface area contributed by atoms with Crippen molar-refractivity contribution < 1.29 is 27.2 Å². The number of benzene rings is 1. The molecule has 0 saturated heterocycles. The molecule has 0 N–H and O–H groups in total. The maximum Gasteiger partial charge on any atom is 0.471 e. The maximum atomic E-state index is 12.5. The Morgan fingerprint density at radius 1 is 1.21 bits per heavy atom. The van der Waals surface area contributed by atoms with Crippen molar-refractivity contribution >= 4 is 5.97 Å². The van der Waals surface area contributed by atoms with Crippen molar-refractivity contribution in [3.05, 3.63) is 35.7 Å². The lowest BCUT2D eigenvalue weighted by atomic mass is 10.1. The first-order valence-electron chi connectivity index (χ1n) is 7.62. The van der Waals surface area contributed by atoms with E-state index in [2.05, 4.69) is 14.7 Å². The molecule has 4 rings (SSSR count). The van der Waals surface area contributed by atoms with Gasteiger partial charge in [0.2, 0.25) is 5.82 Å². The van der Waals surface area contributed by atoms with Crippen molar-refractivity contribution in [2.45, 2.75) is 37.5 Å². The molecule has 0 amide bonds. The summed E-state index contributed by atoms with van der Waals surface area (Å²) in [6.45, 7) is 0. The normalized spacial score (nSPS) is 19.1. The van der Waals surface area contributed by atoms with Crippen LogP contribution in [0.3, 0.4) is 0 Å². The van der Waals surface area contributed by atoms with Crippen LogP contribution in [0.5, 0.6) is 0 Å². The molecule has 0 bridgehead atoms. The van der Waals surface area contributed by atoms with Gasteiger partial charge in [0.05, 0.1) is 5.56 Å². The van der Waals surface area contributed by atoms with Gasteiger partial charge in [0.25, 0.3) is 0 Å². The van der Waals surface area contributed by atoms with Gasteiger partial charge in [-0.2, -0.15) is 18.2 Å². The molecule has 0 aliphatic heterocycles. The summed E-state index contributed by atoms with van der Waals surface area (Å²) in [6.07, 6.45) is -0.664. The van der Waals surface area contributed by atoms with E-state index < -0.39 is 18.0 Å². The van der Waals surface area contributed by atoms with Gasteiger partial charge in [-0.05, 0) is 43.7 Å². The second-order valence-electron chi connectivity index (χ2n) is 6.23. The summed E-state index contributed by atoms with van der Waals surface area (Å²) in [5, 5.41) is 3.31. The zero-order valence-corrected chi connectivity index (χ0v) is 12.5. The van der Waals surface area contributed by atoms with Crippen molar-refractivity contribution in [1.29, 1.82) is 0 Å². The molecule has 2 fully saturated rings. The number of esters is 1. The third kappa shape index (κ3) is 2.76. The monoisotopic (exact) mass is 338 g/mol. The quantitative estimate of drug-likeness (QED) is 0.792. The topological polar surface area (TPSA) is 65.2 Å². The van der Waals surface area contributed by atoms with Crippen LogP contribution in [0, 0.1) is 5.92 Å². The van der Waals surface area contributed by atoms with Gasteiger partial charge < -0.3 is 9.26 Å². The van der Waals surface area contributed by atoms with Crippen LogP contribution in [0.1, 0.15) is 41.9 Å². The Bertz CT molecular complexity index is 775. The van der Waals surface area contributed by atoms with E-state index >= 15 is 0 Å². The highest BCUT2D eigenvalue weighted by Gasteiger charge is 2.57. The largest absolute Gasteiger partial charge is 0.471 e. The molecule has 2 saturated carbocycles. The number of nitrogens with zero attached hydrogens (tertiary/aromatic N) is 2. The van der Waals surface area contributed by atoms with E-state index in [1.807, 2.05) is 0 Å². The third-order valence-corrected chi connectivity index (χ3v) is 4.41. The lowest BCUT2D eigenvalue weighted by Crippen LogP contribution is -2.21. The molecule has 1 aromatic carbocycles. The lowest BCUT2D eigenvalue weighted by molar-refractivity contribution is -0.159. The summed E-state index contributed by atoms with van der Waals surface area (Å²) in [5.74, 6) is -1.50. The molecule has 2 aromatic rings. The summed E-state index contributed by atoms with van der Waals surface area (Å²) in [4.78, 5) is 15.5. The Hall–Kier alpha value is -2.38. The first-order valence-corrected chi connectivity index (χ1v) is 7.62. The van der Waals surface area contributed by atoms with Crippen LogP contribution >= 0.6 is 0 Å². The fourth-order valence-electron chi connectivity index (χ4n) is 2.78. The molecule has 2 aliphatic carbocycles. The van der Waals surface area contributed by atoms with Gasteiger partial charge in [-0.3, -0.25) is 0 Å². The molecule has 0 atom stereocenters. The second-order valence-corrected chi connectivity index (χ2v) is 6.23. The van der Waals surface area contributed by atoms with Crippen molar-refractivity contribution in [2.75, 3.05) is 0 Å². The van der Waals surface area contributed by atoms with Gasteiger partial charge in [0.1, 0.15) is 5.60 Å². The molecule has 0 spiro atoms. The van der Waals surface area contributed by atoms with E-state index in [1.54, 1.807) is 0 Å². The fourth-order valence-corrected chi connectivity index (χ4v) is 2.78. The molecule has 2 aliphatic rings. The third-order valence-electron chi connectivity index (χ3n) is 4.41. The number of halogens is 3.